The fraction of sp³-hybridized carbons (Fsp3) is 0.227. The van der Waals surface area contributed by atoms with Crippen molar-refractivity contribution >= 4 is 17.7 Å². The van der Waals surface area contributed by atoms with E-state index in [2.05, 4.69) is 20.6 Å². The number of amides is 1. The maximum Gasteiger partial charge on any atom is 0.416 e. The minimum Gasteiger partial charge on any atom is -0.352 e. The van der Waals surface area contributed by atoms with Crippen LogP contribution in [-0.2, 0) is 17.5 Å². The maximum atomic E-state index is 13.6. The SMILES string of the molecule is O=C1NCCN(c2ccnc(NCc3cc(F)cc(C(F)(F)F)c3)n2)C1c1ccccc1. The molecule has 1 fully saturated rings. The third kappa shape index (κ3) is 4.79. The molecule has 6 nitrogen and oxygen atoms in total. The summed E-state index contributed by atoms with van der Waals surface area (Å²) in [5.41, 5.74) is -0.155. The van der Waals surface area contributed by atoms with Gasteiger partial charge in [-0.1, -0.05) is 30.3 Å². The third-order valence-corrected chi connectivity index (χ3v) is 5.00. The molecule has 0 aliphatic carbocycles. The number of hydrogen-bond donors (Lipinski definition) is 2. The molecule has 166 valence electrons. The summed E-state index contributed by atoms with van der Waals surface area (Å²) in [6, 6.07) is 12.7. The number of hydrogen-bond acceptors (Lipinski definition) is 5. The van der Waals surface area contributed by atoms with E-state index in [0.717, 1.165) is 17.7 Å². The first-order valence-electron chi connectivity index (χ1n) is 9.84. The number of aromatic nitrogens is 2. The molecule has 0 bridgehead atoms. The van der Waals surface area contributed by atoms with Crippen molar-refractivity contribution in [2.24, 2.45) is 0 Å². The largest absolute Gasteiger partial charge is 0.416 e. The molecule has 1 saturated heterocycles. The lowest BCUT2D eigenvalue weighted by Gasteiger charge is -2.36. The lowest BCUT2D eigenvalue weighted by Crippen LogP contribution is -2.50. The van der Waals surface area contributed by atoms with Gasteiger partial charge in [0.1, 0.15) is 17.7 Å². The molecule has 0 saturated carbocycles. The van der Waals surface area contributed by atoms with Crippen molar-refractivity contribution in [1.82, 2.24) is 15.3 Å². The summed E-state index contributed by atoms with van der Waals surface area (Å²) in [5.74, 6) is -0.495. The molecule has 1 amide bonds. The van der Waals surface area contributed by atoms with Crippen LogP contribution >= 0.6 is 0 Å². The van der Waals surface area contributed by atoms with Crippen LogP contribution in [0.15, 0.2) is 60.8 Å². The van der Waals surface area contributed by atoms with E-state index in [1.807, 2.05) is 35.2 Å². The van der Waals surface area contributed by atoms with E-state index in [9.17, 15) is 22.4 Å². The van der Waals surface area contributed by atoms with Gasteiger partial charge in [0.2, 0.25) is 11.9 Å². The summed E-state index contributed by atoms with van der Waals surface area (Å²) in [5, 5.41) is 5.68. The third-order valence-electron chi connectivity index (χ3n) is 5.00. The Labute approximate surface area is 181 Å². The van der Waals surface area contributed by atoms with Crippen LogP contribution in [0.1, 0.15) is 22.7 Å². The maximum absolute atomic E-state index is 13.6. The van der Waals surface area contributed by atoms with Gasteiger partial charge in [-0.15, -0.1) is 0 Å². The molecule has 0 radical (unpaired) electrons. The summed E-state index contributed by atoms with van der Waals surface area (Å²) in [7, 11) is 0. The summed E-state index contributed by atoms with van der Waals surface area (Å²) >= 11 is 0. The van der Waals surface area contributed by atoms with Crippen molar-refractivity contribution in [1.29, 1.82) is 0 Å². The van der Waals surface area contributed by atoms with E-state index in [1.54, 1.807) is 6.07 Å². The first kappa shape index (κ1) is 21.5. The minimum absolute atomic E-state index is 0.103. The molecule has 1 unspecified atom stereocenters. The van der Waals surface area contributed by atoms with Crippen LogP contribution in [0.25, 0.3) is 0 Å². The highest BCUT2D eigenvalue weighted by atomic mass is 19.4. The van der Waals surface area contributed by atoms with Crippen molar-refractivity contribution in [3.05, 3.63) is 83.3 Å². The first-order valence-corrected chi connectivity index (χ1v) is 9.84. The molecule has 1 aromatic heterocycles. The summed E-state index contributed by atoms with van der Waals surface area (Å²) in [6.07, 6.45) is -3.15. The van der Waals surface area contributed by atoms with Gasteiger partial charge in [0, 0.05) is 25.8 Å². The molecule has 2 heterocycles. The van der Waals surface area contributed by atoms with Crippen LogP contribution in [0.4, 0.5) is 29.3 Å². The molecule has 1 atom stereocenters. The highest BCUT2D eigenvalue weighted by Gasteiger charge is 2.32. The molecule has 32 heavy (non-hydrogen) atoms. The van der Waals surface area contributed by atoms with Crippen LogP contribution in [0.3, 0.4) is 0 Å². The van der Waals surface area contributed by atoms with Gasteiger partial charge in [0.05, 0.1) is 5.56 Å². The van der Waals surface area contributed by atoms with E-state index in [-0.39, 0.29) is 24.0 Å². The highest BCUT2D eigenvalue weighted by molar-refractivity contribution is 5.87. The number of piperazine rings is 1. The monoisotopic (exact) mass is 445 g/mol. The van der Waals surface area contributed by atoms with Crippen LogP contribution in [0, 0.1) is 5.82 Å². The zero-order valence-corrected chi connectivity index (χ0v) is 16.7. The van der Waals surface area contributed by atoms with Crippen molar-refractivity contribution in [3.63, 3.8) is 0 Å². The second kappa shape index (κ2) is 8.81. The second-order valence-electron chi connectivity index (χ2n) is 7.24. The van der Waals surface area contributed by atoms with Crippen molar-refractivity contribution in [2.75, 3.05) is 23.3 Å². The molecule has 2 N–H and O–H groups in total. The molecular formula is C22H19F4N5O. The van der Waals surface area contributed by atoms with Gasteiger partial charge in [0.25, 0.3) is 0 Å². The Hall–Kier alpha value is -3.69. The quantitative estimate of drug-likeness (QED) is 0.583. The molecule has 3 aromatic rings. The summed E-state index contributed by atoms with van der Waals surface area (Å²) in [6.45, 7) is 0.853. The highest BCUT2D eigenvalue weighted by Crippen LogP contribution is 2.31. The molecule has 2 aromatic carbocycles. The molecule has 0 spiro atoms. The predicted molar refractivity (Wildman–Crippen MR) is 110 cm³/mol. The molecule has 4 rings (SSSR count). The molecule has 1 aliphatic rings. The van der Waals surface area contributed by atoms with Gasteiger partial charge >= 0.3 is 6.18 Å². The Balaban J connectivity index is 1.55. The first-order chi connectivity index (χ1) is 15.3. The predicted octanol–water partition coefficient (Wildman–Crippen LogP) is 3.92. The summed E-state index contributed by atoms with van der Waals surface area (Å²) in [4.78, 5) is 22.9. The smallest absolute Gasteiger partial charge is 0.352 e. The Morgan fingerprint density at radius 1 is 1.12 bits per heavy atom. The van der Waals surface area contributed by atoms with E-state index >= 15 is 0 Å². The zero-order valence-electron chi connectivity index (χ0n) is 16.7. The van der Waals surface area contributed by atoms with Crippen LogP contribution in [0.5, 0.6) is 0 Å². The Morgan fingerprint density at radius 3 is 2.66 bits per heavy atom. The molecule has 1 aliphatic heterocycles. The van der Waals surface area contributed by atoms with E-state index in [4.69, 9.17) is 0 Å². The van der Waals surface area contributed by atoms with Gasteiger partial charge in [-0.2, -0.15) is 18.2 Å². The van der Waals surface area contributed by atoms with Crippen LogP contribution in [0.2, 0.25) is 0 Å². The fourth-order valence-corrected chi connectivity index (χ4v) is 3.57. The average molecular weight is 445 g/mol. The van der Waals surface area contributed by atoms with Crippen molar-refractivity contribution in [3.8, 4) is 0 Å². The average Bonchev–Trinajstić information content (AvgIpc) is 2.77. The number of nitrogens with one attached hydrogen (secondary N) is 2. The van der Waals surface area contributed by atoms with E-state index < -0.39 is 23.6 Å². The van der Waals surface area contributed by atoms with Gasteiger partial charge < -0.3 is 15.5 Å². The van der Waals surface area contributed by atoms with Crippen molar-refractivity contribution in [2.45, 2.75) is 18.8 Å². The molecule has 10 heteroatoms. The lowest BCUT2D eigenvalue weighted by molar-refractivity contribution is -0.137. The topological polar surface area (TPSA) is 70.2 Å². The van der Waals surface area contributed by atoms with Crippen LogP contribution < -0.4 is 15.5 Å². The number of rotatable bonds is 5. The Morgan fingerprint density at radius 2 is 1.91 bits per heavy atom. The van der Waals surface area contributed by atoms with Gasteiger partial charge in [-0.3, -0.25) is 4.79 Å². The number of halogens is 4. The lowest BCUT2D eigenvalue weighted by atomic mass is 10.0. The Bertz CT molecular complexity index is 1110. The number of anilines is 2. The second-order valence-corrected chi connectivity index (χ2v) is 7.24. The number of carbonyl (C=O) groups is 1. The Kier molecular flexibility index (Phi) is 5.93. The van der Waals surface area contributed by atoms with Gasteiger partial charge in [-0.05, 0) is 35.4 Å². The zero-order chi connectivity index (χ0) is 22.7. The van der Waals surface area contributed by atoms with Crippen molar-refractivity contribution < 1.29 is 22.4 Å². The normalized spacial score (nSPS) is 16.6. The number of alkyl halides is 3. The number of nitrogens with zero attached hydrogens (tertiary/aromatic N) is 3. The van der Waals surface area contributed by atoms with Gasteiger partial charge in [0.15, 0.2) is 0 Å². The molecular weight excluding hydrogens is 426 g/mol. The summed E-state index contributed by atoms with van der Waals surface area (Å²) < 4.78 is 52.4. The van der Waals surface area contributed by atoms with E-state index in [0.29, 0.717) is 25.0 Å². The standard InChI is InChI=1S/C22H19F4N5O/c23-17-11-14(10-16(12-17)22(24,25)26)13-29-21-28-7-6-18(30-21)31-9-8-27-20(32)19(31)15-4-2-1-3-5-15/h1-7,10-12,19H,8-9,13H2,(H,27,32)(H,28,29,30). The van der Waals surface area contributed by atoms with E-state index in [1.165, 1.54) is 6.20 Å². The minimum atomic E-state index is -4.64. The number of carbonyl (C=O) groups excluding carboxylic acids is 1. The fourth-order valence-electron chi connectivity index (χ4n) is 3.57. The van der Waals surface area contributed by atoms with Crippen LogP contribution in [-0.4, -0.2) is 29.0 Å². The number of benzene rings is 2. The van der Waals surface area contributed by atoms with Gasteiger partial charge in [-0.25, -0.2) is 9.37 Å².